The van der Waals surface area contributed by atoms with E-state index in [4.69, 9.17) is 13.1 Å². The molecule has 2 heterocycles. The molecule has 2 aromatic heterocycles. The van der Waals surface area contributed by atoms with E-state index in [1.807, 2.05) is 36.4 Å². The second-order valence-electron chi connectivity index (χ2n) is 22.8. The predicted octanol–water partition coefficient (Wildman–Crippen LogP) is 22.5. The molecule has 11 aromatic carbocycles. The van der Waals surface area contributed by atoms with Crippen LogP contribution >= 0.6 is 0 Å². The first kappa shape index (κ1) is 53.1. The Labute approximate surface area is 487 Å². The number of halogens is 3. The zero-order valence-corrected chi connectivity index (χ0v) is 48.0. The van der Waals surface area contributed by atoms with Crippen molar-refractivity contribution in [2.45, 2.75) is 61.6 Å². The lowest BCUT2D eigenvalue weighted by Crippen LogP contribution is -2.04. The van der Waals surface area contributed by atoms with Crippen LogP contribution in [0.4, 0.5) is 24.5 Å². The monoisotopic (exact) mass is 1090 g/mol. The van der Waals surface area contributed by atoms with Crippen molar-refractivity contribution in [1.29, 1.82) is 0 Å². The predicted molar refractivity (Wildman–Crippen MR) is 343 cm³/mol. The molecule has 0 saturated carbocycles. The number of hydrogen-bond donors (Lipinski definition) is 0. The van der Waals surface area contributed by atoms with Gasteiger partial charge in [-0.25, -0.2) is 9.69 Å². The van der Waals surface area contributed by atoms with Gasteiger partial charge in [-0.15, -0.1) is 0 Å². The Hall–Kier alpha value is -10.2. The lowest BCUT2D eigenvalue weighted by molar-refractivity contribution is -0.137. The number of nitrogens with zero attached hydrogens (tertiary/aromatic N) is 4. The summed E-state index contributed by atoms with van der Waals surface area (Å²) in [6.45, 7) is 33.8. The smallest absolute Gasteiger partial charge is 0.309 e. The maximum absolute atomic E-state index is 14.3. The van der Waals surface area contributed by atoms with Crippen LogP contribution in [0, 0.1) is 68.5 Å². The van der Waals surface area contributed by atoms with Crippen LogP contribution in [-0.4, -0.2) is 9.13 Å². The number of aryl methyl sites for hydroxylation is 8. The molecule has 4 nitrogen and oxygen atoms in total. The van der Waals surface area contributed by atoms with Crippen LogP contribution in [0.5, 0.6) is 0 Å². The van der Waals surface area contributed by atoms with Gasteiger partial charge in [0.2, 0.25) is 0 Å². The Bertz CT molecular complexity index is 4790. The second-order valence-corrected chi connectivity index (χ2v) is 22.8. The lowest BCUT2D eigenvalue weighted by atomic mass is 9.94. The summed E-state index contributed by atoms with van der Waals surface area (Å²) < 4.78 is 47.5. The van der Waals surface area contributed by atoms with Crippen LogP contribution in [-0.2, 0) is 6.18 Å². The SMILES string of the molecule is [C-]#[N+]c1ccc(-n2c3ccc(-c4ccc(C)cc4C)cc3c3cc(-c4ccc(C)cc4C)ccc32)c(-c2ccc(-c3ccc(C(F)(F)F)cc3[N+]#[C-])cc2-n2c3ccc(-c4ccc(C)cc4C)cc3c3cc(-c4ccc(C)cc4C)ccc32)c1. The van der Waals surface area contributed by atoms with E-state index in [1.54, 1.807) is 0 Å². The second kappa shape index (κ2) is 20.3. The number of benzene rings is 11. The molecule has 0 amide bonds. The average molecular weight is 1100 g/mol. The Morgan fingerprint density at radius 1 is 0.310 bits per heavy atom. The highest BCUT2D eigenvalue weighted by Gasteiger charge is 2.31. The molecular formula is C77H57F3N4. The highest BCUT2D eigenvalue weighted by molar-refractivity contribution is 6.14. The van der Waals surface area contributed by atoms with E-state index in [2.05, 4.69) is 220 Å². The molecule has 13 rings (SSSR count). The molecule has 0 aliphatic rings. The van der Waals surface area contributed by atoms with Crippen molar-refractivity contribution in [3.63, 3.8) is 0 Å². The van der Waals surface area contributed by atoms with Gasteiger partial charge in [0.15, 0.2) is 11.4 Å². The summed E-state index contributed by atoms with van der Waals surface area (Å²) in [6.07, 6.45) is -4.64. The molecule has 0 radical (unpaired) electrons. The van der Waals surface area contributed by atoms with Gasteiger partial charge in [-0.1, -0.05) is 150 Å². The van der Waals surface area contributed by atoms with Crippen LogP contribution in [0.2, 0.25) is 0 Å². The molecule has 13 aromatic rings. The highest BCUT2D eigenvalue weighted by atomic mass is 19.4. The first-order valence-corrected chi connectivity index (χ1v) is 28.2. The third-order valence-electron chi connectivity index (χ3n) is 16.9. The number of alkyl halides is 3. The van der Waals surface area contributed by atoms with E-state index in [9.17, 15) is 13.2 Å². The molecule has 0 aliphatic heterocycles. The van der Waals surface area contributed by atoms with Gasteiger partial charge in [-0.05, 0) is 212 Å². The van der Waals surface area contributed by atoms with Gasteiger partial charge < -0.3 is 9.13 Å². The molecule has 0 atom stereocenters. The van der Waals surface area contributed by atoms with E-state index < -0.39 is 11.7 Å². The van der Waals surface area contributed by atoms with Gasteiger partial charge in [-0.2, -0.15) is 13.2 Å². The molecule has 0 aliphatic carbocycles. The van der Waals surface area contributed by atoms with E-state index in [1.165, 1.54) is 39.4 Å². The fraction of sp³-hybridized carbons (Fsp3) is 0.117. The Balaban J connectivity index is 1.13. The van der Waals surface area contributed by atoms with Crippen molar-refractivity contribution in [1.82, 2.24) is 9.13 Å². The summed E-state index contributed by atoms with van der Waals surface area (Å²) in [6, 6.07) is 68.1. The van der Waals surface area contributed by atoms with Crippen LogP contribution in [0.3, 0.4) is 0 Å². The minimum Gasteiger partial charge on any atom is -0.309 e. The molecular weight excluding hydrogens is 1040 g/mol. The summed E-state index contributed by atoms with van der Waals surface area (Å²) in [5.74, 6) is 0. The summed E-state index contributed by atoms with van der Waals surface area (Å²) in [5, 5.41) is 4.16. The van der Waals surface area contributed by atoms with Crippen LogP contribution < -0.4 is 0 Å². The molecule has 0 N–H and O–H groups in total. The van der Waals surface area contributed by atoms with Crippen molar-refractivity contribution < 1.29 is 13.2 Å². The Morgan fingerprint density at radius 2 is 0.667 bits per heavy atom. The third-order valence-corrected chi connectivity index (χ3v) is 16.9. The maximum Gasteiger partial charge on any atom is 0.415 e. The summed E-state index contributed by atoms with van der Waals surface area (Å²) >= 11 is 0. The van der Waals surface area contributed by atoms with Crippen molar-refractivity contribution >= 4 is 55.0 Å². The number of aromatic nitrogens is 2. The van der Waals surface area contributed by atoms with Gasteiger partial charge in [0, 0.05) is 32.7 Å². The molecule has 0 fully saturated rings. The summed E-state index contributed by atoms with van der Waals surface area (Å²) in [7, 11) is 0. The molecule has 0 saturated heterocycles. The normalized spacial score (nSPS) is 11.7. The fourth-order valence-electron chi connectivity index (χ4n) is 12.9. The van der Waals surface area contributed by atoms with Gasteiger partial charge in [0.1, 0.15) is 0 Å². The van der Waals surface area contributed by atoms with E-state index in [0.717, 1.165) is 134 Å². The summed E-state index contributed by atoms with van der Waals surface area (Å²) in [4.78, 5) is 7.74. The molecule has 7 heteroatoms. The minimum absolute atomic E-state index is 0.108. The van der Waals surface area contributed by atoms with Crippen molar-refractivity contribution in [2.24, 2.45) is 0 Å². The number of hydrogen-bond acceptors (Lipinski definition) is 0. The molecule has 406 valence electrons. The summed E-state index contributed by atoms with van der Waals surface area (Å²) in [5.41, 5.74) is 25.6. The Morgan fingerprint density at radius 3 is 1.04 bits per heavy atom. The van der Waals surface area contributed by atoms with Gasteiger partial charge >= 0.3 is 6.18 Å². The van der Waals surface area contributed by atoms with E-state index in [0.29, 0.717) is 16.8 Å². The van der Waals surface area contributed by atoms with Crippen LogP contribution in [0.1, 0.15) is 50.1 Å². The van der Waals surface area contributed by atoms with Gasteiger partial charge in [-0.3, -0.25) is 0 Å². The molecule has 0 unspecified atom stereocenters. The minimum atomic E-state index is -4.64. The van der Waals surface area contributed by atoms with Gasteiger partial charge in [0.25, 0.3) is 0 Å². The van der Waals surface area contributed by atoms with Crippen LogP contribution in [0.25, 0.3) is 131 Å². The fourth-order valence-corrected chi connectivity index (χ4v) is 12.9. The third kappa shape index (κ3) is 9.10. The largest absolute Gasteiger partial charge is 0.415 e. The zero-order valence-electron chi connectivity index (χ0n) is 48.0. The van der Waals surface area contributed by atoms with Crippen molar-refractivity contribution in [3.8, 4) is 78.1 Å². The first-order chi connectivity index (χ1) is 40.4. The number of rotatable bonds is 8. The van der Waals surface area contributed by atoms with Gasteiger partial charge in [0.05, 0.1) is 46.6 Å². The average Bonchev–Trinajstić information content (AvgIpc) is 1.75. The topological polar surface area (TPSA) is 18.6 Å². The quantitative estimate of drug-likeness (QED) is 0.135. The van der Waals surface area contributed by atoms with Crippen LogP contribution in [0.15, 0.2) is 200 Å². The standard InChI is InChI=1S/C77H57F3N4/c1-44-11-22-59(48(5)33-44)52-16-28-71-65(37-52)66-38-53(60-23-12-45(2)34-49(60)6)17-29-72(66)83(71)75-32-21-58(81-9)43-69(75)64-26-15-56(63-27-20-57(77(78,79)80)42-70(63)82-10)41-76(64)84-73-30-18-54(61-24-13-46(3)35-50(61)7)39-67(73)68-40-55(19-31-74(68)84)62-25-14-47(4)36-51(62)8/h11-43H,1-8H3. The van der Waals surface area contributed by atoms with E-state index in [-0.39, 0.29) is 5.69 Å². The Kier molecular flexibility index (Phi) is 12.9. The molecule has 0 bridgehead atoms. The van der Waals surface area contributed by atoms with Crippen molar-refractivity contribution in [3.05, 3.63) is 273 Å². The van der Waals surface area contributed by atoms with E-state index >= 15 is 0 Å². The highest BCUT2D eigenvalue weighted by Crippen LogP contribution is 2.47. The first-order valence-electron chi connectivity index (χ1n) is 28.2. The molecule has 84 heavy (non-hydrogen) atoms. The lowest BCUT2D eigenvalue weighted by Gasteiger charge is -2.21. The zero-order chi connectivity index (χ0) is 58.5. The number of fused-ring (bicyclic) bond motifs is 6. The van der Waals surface area contributed by atoms with Crippen molar-refractivity contribution in [2.75, 3.05) is 0 Å². The maximum atomic E-state index is 14.3. The molecule has 0 spiro atoms.